The van der Waals surface area contributed by atoms with Crippen molar-refractivity contribution >= 4 is 23.2 Å². The third-order valence-corrected chi connectivity index (χ3v) is 4.44. The molecular formula is C20H21FN2O2. The van der Waals surface area contributed by atoms with Gasteiger partial charge in [-0.25, -0.2) is 4.39 Å². The number of hydrogen-bond acceptors (Lipinski definition) is 2. The maximum absolute atomic E-state index is 14.3. The Bertz CT molecular complexity index is 816. The molecule has 3 rings (SSSR count). The van der Waals surface area contributed by atoms with Crippen LogP contribution in [0.5, 0.6) is 0 Å². The Balaban J connectivity index is 1.77. The zero-order chi connectivity index (χ0) is 18.0. The van der Waals surface area contributed by atoms with E-state index >= 15 is 0 Å². The number of rotatable bonds is 4. The van der Waals surface area contributed by atoms with Crippen molar-refractivity contribution in [3.8, 4) is 0 Å². The van der Waals surface area contributed by atoms with Crippen molar-refractivity contribution in [3.63, 3.8) is 0 Å². The van der Waals surface area contributed by atoms with Crippen molar-refractivity contribution in [2.45, 2.75) is 33.1 Å². The molecule has 0 spiro atoms. The van der Waals surface area contributed by atoms with Gasteiger partial charge in [0, 0.05) is 17.5 Å². The van der Waals surface area contributed by atoms with Crippen molar-refractivity contribution in [1.29, 1.82) is 0 Å². The second kappa shape index (κ2) is 6.67. The van der Waals surface area contributed by atoms with Crippen LogP contribution in [0.3, 0.4) is 0 Å². The summed E-state index contributed by atoms with van der Waals surface area (Å²) in [5.41, 5.74) is 1.84. The molecule has 2 amide bonds. The van der Waals surface area contributed by atoms with E-state index in [1.807, 2.05) is 44.2 Å². The molecule has 0 radical (unpaired) electrons. The van der Waals surface area contributed by atoms with Crippen LogP contribution < -0.4 is 10.6 Å². The number of carbonyl (C=O) groups is 2. The fourth-order valence-corrected chi connectivity index (χ4v) is 2.98. The summed E-state index contributed by atoms with van der Waals surface area (Å²) in [6.45, 7) is 3.68. The molecule has 0 aliphatic carbocycles. The first-order chi connectivity index (χ1) is 11.8. The van der Waals surface area contributed by atoms with Gasteiger partial charge in [-0.15, -0.1) is 0 Å². The molecule has 0 unspecified atom stereocenters. The first kappa shape index (κ1) is 17.1. The molecule has 2 N–H and O–H groups in total. The molecule has 0 bridgehead atoms. The van der Waals surface area contributed by atoms with E-state index in [0.29, 0.717) is 24.9 Å². The van der Waals surface area contributed by atoms with Gasteiger partial charge in [0.1, 0.15) is 5.82 Å². The normalized spacial score (nSPS) is 13.8. The van der Waals surface area contributed by atoms with E-state index < -0.39 is 11.2 Å². The van der Waals surface area contributed by atoms with Crippen LogP contribution in [-0.4, -0.2) is 11.8 Å². The monoisotopic (exact) mass is 340 g/mol. The lowest BCUT2D eigenvalue weighted by Crippen LogP contribution is -2.33. The van der Waals surface area contributed by atoms with Crippen LogP contribution in [0.2, 0.25) is 0 Å². The summed E-state index contributed by atoms with van der Waals surface area (Å²) in [5.74, 6) is -0.910. The molecule has 0 aromatic heterocycles. The minimum atomic E-state index is -0.683. The third-order valence-electron chi connectivity index (χ3n) is 4.44. The van der Waals surface area contributed by atoms with Gasteiger partial charge in [-0.05, 0) is 36.1 Å². The van der Waals surface area contributed by atoms with Crippen LogP contribution in [0.25, 0.3) is 0 Å². The Morgan fingerprint density at radius 3 is 2.64 bits per heavy atom. The van der Waals surface area contributed by atoms with Gasteiger partial charge in [-0.1, -0.05) is 44.2 Å². The second-order valence-corrected chi connectivity index (χ2v) is 7.04. The summed E-state index contributed by atoms with van der Waals surface area (Å²) >= 11 is 0. The van der Waals surface area contributed by atoms with Crippen LogP contribution in [-0.2, 0) is 22.4 Å². The quantitative estimate of drug-likeness (QED) is 0.886. The summed E-state index contributed by atoms with van der Waals surface area (Å²) in [7, 11) is 0. The number of halogens is 1. The highest BCUT2D eigenvalue weighted by molar-refractivity contribution is 5.97. The van der Waals surface area contributed by atoms with Gasteiger partial charge >= 0.3 is 0 Å². The minimum Gasteiger partial charge on any atom is -0.326 e. The molecule has 2 aromatic carbocycles. The van der Waals surface area contributed by atoms with E-state index in [-0.39, 0.29) is 17.5 Å². The fraction of sp³-hybridized carbons (Fsp3) is 0.300. The topological polar surface area (TPSA) is 58.2 Å². The molecule has 4 nitrogen and oxygen atoms in total. The highest BCUT2D eigenvalue weighted by Crippen LogP contribution is 2.30. The molecule has 2 aromatic rings. The lowest BCUT2D eigenvalue weighted by atomic mass is 9.84. The predicted molar refractivity (Wildman–Crippen MR) is 95.9 cm³/mol. The second-order valence-electron chi connectivity index (χ2n) is 7.04. The highest BCUT2D eigenvalue weighted by atomic mass is 19.1. The average Bonchev–Trinajstić information content (AvgIpc) is 2.56. The minimum absolute atomic E-state index is 0.118. The Morgan fingerprint density at radius 1 is 1.20 bits per heavy atom. The number of aryl methyl sites for hydroxylation is 1. The largest absolute Gasteiger partial charge is 0.326 e. The smallest absolute Gasteiger partial charge is 0.230 e. The van der Waals surface area contributed by atoms with Crippen LogP contribution >= 0.6 is 0 Å². The number of fused-ring (bicyclic) bond motifs is 1. The van der Waals surface area contributed by atoms with Gasteiger partial charge in [0.2, 0.25) is 11.8 Å². The number of benzene rings is 2. The summed E-state index contributed by atoms with van der Waals surface area (Å²) in [4.78, 5) is 24.1. The van der Waals surface area contributed by atoms with E-state index in [9.17, 15) is 14.0 Å². The summed E-state index contributed by atoms with van der Waals surface area (Å²) < 4.78 is 14.3. The number of anilines is 2. The Labute approximate surface area is 146 Å². The molecule has 0 saturated carbocycles. The van der Waals surface area contributed by atoms with E-state index in [0.717, 1.165) is 11.1 Å². The first-order valence-corrected chi connectivity index (χ1v) is 8.33. The van der Waals surface area contributed by atoms with E-state index in [1.54, 1.807) is 6.07 Å². The maximum atomic E-state index is 14.3. The molecule has 1 aliphatic rings. The van der Waals surface area contributed by atoms with Crippen molar-refractivity contribution in [2.75, 3.05) is 10.6 Å². The Hall–Kier alpha value is -2.69. The zero-order valence-electron chi connectivity index (χ0n) is 14.4. The molecule has 1 heterocycles. The lowest BCUT2D eigenvalue weighted by Gasteiger charge is -2.25. The van der Waals surface area contributed by atoms with Gasteiger partial charge < -0.3 is 10.6 Å². The van der Waals surface area contributed by atoms with E-state index in [1.165, 1.54) is 6.07 Å². The van der Waals surface area contributed by atoms with Crippen LogP contribution in [0.1, 0.15) is 31.4 Å². The third kappa shape index (κ3) is 3.87. The number of carbonyl (C=O) groups excluding carboxylic acids is 2. The Morgan fingerprint density at radius 2 is 1.92 bits per heavy atom. The van der Waals surface area contributed by atoms with Crippen molar-refractivity contribution in [2.24, 2.45) is 5.41 Å². The van der Waals surface area contributed by atoms with Gasteiger partial charge in [0.15, 0.2) is 0 Å². The van der Waals surface area contributed by atoms with Gasteiger partial charge in [0.05, 0.1) is 5.69 Å². The SMILES string of the molecule is CC(C)(Cc1ccccc1)C(=O)Nc1cc2c(cc1F)NC(=O)CC2. The molecule has 0 saturated heterocycles. The lowest BCUT2D eigenvalue weighted by molar-refractivity contribution is -0.124. The number of amides is 2. The number of nitrogens with one attached hydrogen (secondary N) is 2. The van der Waals surface area contributed by atoms with E-state index in [2.05, 4.69) is 10.6 Å². The van der Waals surface area contributed by atoms with E-state index in [4.69, 9.17) is 0 Å². The fourth-order valence-electron chi connectivity index (χ4n) is 2.98. The molecule has 0 atom stereocenters. The van der Waals surface area contributed by atoms with Crippen molar-refractivity contribution in [3.05, 3.63) is 59.4 Å². The average molecular weight is 340 g/mol. The predicted octanol–water partition coefficient (Wildman–Crippen LogP) is 3.92. The maximum Gasteiger partial charge on any atom is 0.230 e. The first-order valence-electron chi connectivity index (χ1n) is 8.33. The summed E-state index contributed by atoms with van der Waals surface area (Å²) in [5, 5.41) is 5.36. The van der Waals surface area contributed by atoms with Crippen LogP contribution in [0.4, 0.5) is 15.8 Å². The van der Waals surface area contributed by atoms with Crippen molar-refractivity contribution in [1.82, 2.24) is 0 Å². The molecule has 0 fully saturated rings. The molecule has 5 heteroatoms. The van der Waals surface area contributed by atoms with Crippen molar-refractivity contribution < 1.29 is 14.0 Å². The van der Waals surface area contributed by atoms with Gasteiger partial charge in [0.25, 0.3) is 0 Å². The number of hydrogen-bond donors (Lipinski definition) is 2. The van der Waals surface area contributed by atoms with Gasteiger partial charge in [-0.3, -0.25) is 9.59 Å². The summed E-state index contributed by atoms with van der Waals surface area (Å²) in [6, 6.07) is 12.6. The van der Waals surface area contributed by atoms with Crippen LogP contribution in [0, 0.1) is 11.2 Å². The zero-order valence-corrected chi connectivity index (χ0v) is 14.4. The van der Waals surface area contributed by atoms with Crippen LogP contribution in [0.15, 0.2) is 42.5 Å². The molecule has 25 heavy (non-hydrogen) atoms. The molecule has 1 aliphatic heterocycles. The van der Waals surface area contributed by atoms with Gasteiger partial charge in [-0.2, -0.15) is 0 Å². The highest BCUT2D eigenvalue weighted by Gasteiger charge is 2.29. The molecule has 130 valence electrons. The summed E-state index contributed by atoms with van der Waals surface area (Å²) in [6.07, 6.45) is 1.46. The molecular weight excluding hydrogens is 319 g/mol. The standard InChI is InChI=1S/C20H21FN2O2/c1-20(2,12-13-6-4-3-5-7-13)19(25)23-17-10-14-8-9-18(24)22-16(14)11-15(17)21/h3-7,10-11H,8-9,12H2,1-2H3,(H,22,24)(H,23,25). The Kier molecular flexibility index (Phi) is 4.57.